The average Bonchev–Trinajstić information content (AvgIpc) is 2.42. The molecule has 5 nitrogen and oxygen atoms in total. The summed E-state index contributed by atoms with van der Waals surface area (Å²) < 4.78 is 0. The second-order valence-corrected chi connectivity index (χ2v) is 4.15. The number of rotatable bonds is 4. The standard InChI is InChI=1S/C14H19N3O2/c1-4-11(5-2)16-17-14(19)13(18)15-12-8-6-10(3)7-9-12/h6-9H,4-5H2,1-3H3,(H,15,18)(H,17,19). The smallest absolute Gasteiger partial charge is 0.318 e. The van der Waals surface area contributed by atoms with E-state index in [-0.39, 0.29) is 0 Å². The van der Waals surface area contributed by atoms with Gasteiger partial charge in [-0.05, 0) is 31.9 Å². The molecule has 0 unspecified atom stereocenters. The molecule has 0 aliphatic rings. The van der Waals surface area contributed by atoms with Gasteiger partial charge in [-0.1, -0.05) is 31.5 Å². The van der Waals surface area contributed by atoms with E-state index in [4.69, 9.17) is 0 Å². The maximum atomic E-state index is 11.6. The van der Waals surface area contributed by atoms with Gasteiger partial charge in [0.15, 0.2) is 0 Å². The van der Waals surface area contributed by atoms with Crippen LogP contribution in [0.1, 0.15) is 32.3 Å². The SMILES string of the molecule is CCC(CC)=NNC(=O)C(=O)Nc1ccc(C)cc1. The van der Waals surface area contributed by atoms with Crippen LogP contribution in [0, 0.1) is 6.92 Å². The molecule has 5 heteroatoms. The first-order valence-corrected chi connectivity index (χ1v) is 6.30. The van der Waals surface area contributed by atoms with Gasteiger partial charge in [-0.25, -0.2) is 5.43 Å². The number of anilines is 1. The molecule has 1 rings (SSSR count). The first-order valence-electron chi connectivity index (χ1n) is 6.30. The molecule has 0 atom stereocenters. The molecule has 0 spiro atoms. The Morgan fingerprint density at radius 2 is 1.63 bits per heavy atom. The van der Waals surface area contributed by atoms with Gasteiger partial charge in [-0.15, -0.1) is 0 Å². The second kappa shape index (κ2) is 7.31. The van der Waals surface area contributed by atoms with E-state index in [9.17, 15) is 9.59 Å². The lowest BCUT2D eigenvalue weighted by molar-refractivity contribution is -0.136. The van der Waals surface area contributed by atoms with Gasteiger partial charge in [0.1, 0.15) is 0 Å². The van der Waals surface area contributed by atoms with Crippen LogP contribution in [0.15, 0.2) is 29.4 Å². The molecule has 102 valence electrons. The van der Waals surface area contributed by atoms with Gasteiger partial charge in [-0.3, -0.25) is 9.59 Å². The first kappa shape index (κ1) is 14.9. The van der Waals surface area contributed by atoms with E-state index in [1.165, 1.54) is 0 Å². The third kappa shape index (κ3) is 4.91. The largest absolute Gasteiger partial charge is 0.329 e. The number of hydrogen-bond donors (Lipinski definition) is 2. The summed E-state index contributed by atoms with van der Waals surface area (Å²) >= 11 is 0. The van der Waals surface area contributed by atoms with Crippen molar-refractivity contribution in [2.75, 3.05) is 5.32 Å². The van der Waals surface area contributed by atoms with Gasteiger partial charge < -0.3 is 5.32 Å². The highest BCUT2D eigenvalue weighted by atomic mass is 16.2. The van der Waals surface area contributed by atoms with Crippen molar-refractivity contribution in [3.63, 3.8) is 0 Å². The second-order valence-electron chi connectivity index (χ2n) is 4.15. The van der Waals surface area contributed by atoms with Crippen molar-refractivity contribution in [2.45, 2.75) is 33.6 Å². The number of hydrazone groups is 1. The van der Waals surface area contributed by atoms with E-state index in [0.29, 0.717) is 5.69 Å². The van der Waals surface area contributed by atoms with Gasteiger partial charge in [0.25, 0.3) is 0 Å². The number of aryl methyl sites for hydroxylation is 1. The topological polar surface area (TPSA) is 70.6 Å². The zero-order chi connectivity index (χ0) is 14.3. The molecule has 0 aliphatic carbocycles. The number of nitrogens with zero attached hydrogens (tertiary/aromatic N) is 1. The monoisotopic (exact) mass is 261 g/mol. The summed E-state index contributed by atoms with van der Waals surface area (Å²) in [5.74, 6) is -1.49. The van der Waals surface area contributed by atoms with Crippen LogP contribution in [0.5, 0.6) is 0 Å². The van der Waals surface area contributed by atoms with Crippen molar-refractivity contribution in [2.24, 2.45) is 5.10 Å². The Balaban J connectivity index is 2.56. The molecule has 0 saturated heterocycles. The van der Waals surface area contributed by atoms with Crippen molar-refractivity contribution < 1.29 is 9.59 Å². The van der Waals surface area contributed by atoms with Crippen LogP contribution in [0.25, 0.3) is 0 Å². The molecule has 0 fully saturated rings. The van der Waals surface area contributed by atoms with Crippen molar-refractivity contribution in [1.82, 2.24) is 5.43 Å². The zero-order valence-electron chi connectivity index (χ0n) is 11.5. The summed E-state index contributed by atoms with van der Waals surface area (Å²) in [6.45, 7) is 5.84. The minimum absolute atomic E-state index is 0.584. The van der Waals surface area contributed by atoms with Gasteiger partial charge in [0.05, 0.1) is 0 Å². The molecular weight excluding hydrogens is 242 g/mol. The molecule has 0 saturated carbocycles. The van der Waals surface area contributed by atoms with E-state index in [1.807, 2.05) is 32.9 Å². The molecule has 0 radical (unpaired) electrons. The first-order chi connectivity index (χ1) is 9.06. The van der Waals surface area contributed by atoms with Gasteiger partial charge in [-0.2, -0.15) is 5.10 Å². The molecule has 0 bridgehead atoms. The number of carbonyl (C=O) groups excluding carboxylic acids is 2. The van der Waals surface area contributed by atoms with Crippen LogP contribution in [0.2, 0.25) is 0 Å². The molecule has 1 aromatic carbocycles. The van der Waals surface area contributed by atoms with Crippen LogP contribution in [0.3, 0.4) is 0 Å². The van der Waals surface area contributed by atoms with Gasteiger partial charge in [0.2, 0.25) is 0 Å². The van der Waals surface area contributed by atoms with Gasteiger partial charge in [0, 0.05) is 11.4 Å². The lowest BCUT2D eigenvalue weighted by Gasteiger charge is -2.05. The lowest BCUT2D eigenvalue weighted by atomic mass is 10.2. The van der Waals surface area contributed by atoms with E-state index in [1.54, 1.807) is 12.1 Å². The summed E-state index contributed by atoms with van der Waals surface area (Å²) in [5.41, 5.74) is 4.77. The number of nitrogens with one attached hydrogen (secondary N) is 2. The normalized spacial score (nSPS) is 9.63. The van der Waals surface area contributed by atoms with Crippen LogP contribution in [0.4, 0.5) is 5.69 Å². The van der Waals surface area contributed by atoms with Crippen molar-refractivity contribution in [3.05, 3.63) is 29.8 Å². The Morgan fingerprint density at radius 3 is 2.16 bits per heavy atom. The Kier molecular flexibility index (Phi) is 5.73. The van der Waals surface area contributed by atoms with Crippen LogP contribution >= 0.6 is 0 Å². The fourth-order valence-electron chi connectivity index (χ4n) is 1.41. The Morgan fingerprint density at radius 1 is 1.05 bits per heavy atom. The fraction of sp³-hybridized carbons (Fsp3) is 0.357. The van der Waals surface area contributed by atoms with Gasteiger partial charge >= 0.3 is 11.8 Å². The molecular formula is C14H19N3O2. The highest BCUT2D eigenvalue weighted by molar-refractivity contribution is 6.39. The number of hydrogen-bond acceptors (Lipinski definition) is 3. The van der Waals surface area contributed by atoms with E-state index in [0.717, 1.165) is 24.1 Å². The fourth-order valence-corrected chi connectivity index (χ4v) is 1.41. The summed E-state index contributed by atoms with van der Waals surface area (Å²) in [4.78, 5) is 23.1. The highest BCUT2D eigenvalue weighted by Crippen LogP contribution is 2.08. The number of amides is 2. The highest BCUT2D eigenvalue weighted by Gasteiger charge is 2.12. The van der Waals surface area contributed by atoms with Crippen LogP contribution in [-0.2, 0) is 9.59 Å². The van der Waals surface area contributed by atoms with E-state index < -0.39 is 11.8 Å². The van der Waals surface area contributed by atoms with Crippen molar-refractivity contribution in [1.29, 1.82) is 0 Å². The third-order valence-corrected chi connectivity index (χ3v) is 2.65. The Labute approximate surface area is 113 Å². The molecule has 0 aromatic heterocycles. The molecule has 0 heterocycles. The summed E-state index contributed by atoms with van der Waals surface area (Å²) in [7, 11) is 0. The summed E-state index contributed by atoms with van der Waals surface area (Å²) in [6, 6.07) is 7.20. The van der Waals surface area contributed by atoms with Crippen LogP contribution < -0.4 is 10.7 Å². The minimum Gasteiger partial charge on any atom is -0.318 e. The van der Waals surface area contributed by atoms with Crippen LogP contribution in [-0.4, -0.2) is 17.5 Å². The van der Waals surface area contributed by atoms with Crippen molar-refractivity contribution in [3.8, 4) is 0 Å². The molecule has 2 amide bonds. The van der Waals surface area contributed by atoms with E-state index >= 15 is 0 Å². The van der Waals surface area contributed by atoms with E-state index in [2.05, 4.69) is 15.8 Å². The molecule has 2 N–H and O–H groups in total. The summed E-state index contributed by atoms with van der Waals surface area (Å²) in [6.07, 6.45) is 1.49. The predicted octanol–water partition coefficient (Wildman–Crippen LogP) is 2.23. The quantitative estimate of drug-likeness (QED) is 0.495. The molecule has 19 heavy (non-hydrogen) atoms. The average molecular weight is 261 g/mol. The maximum Gasteiger partial charge on any atom is 0.329 e. The molecule has 0 aliphatic heterocycles. The Bertz CT molecular complexity index is 472. The predicted molar refractivity (Wildman–Crippen MR) is 76.0 cm³/mol. The summed E-state index contributed by atoms with van der Waals surface area (Å²) in [5, 5.41) is 6.40. The molecule has 1 aromatic rings. The Hall–Kier alpha value is -2.17. The zero-order valence-corrected chi connectivity index (χ0v) is 11.5. The maximum absolute atomic E-state index is 11.6. The minimum atomic E-state index is -0.764. The van der Waals surface area contributed by atoms with Crippen molar-refractivity contribution >= 4 is 23.2 Å². The number of benzene rings is 1. The number of carbonyl (C=O) groups is 2. The lowest BCUT2D eigenvalue weighted by Crippen LogP contribution is -2.33. The third-order valence-electron chi connectivity index (χ3n) is 2.65.